The van der Waals surface area contributed by atoms with Gasteiger partial charge in [0.1, 0.15) is 0 Å². The second kappa shape index (κ2) is 3.25. The molecule has 0 heterocycles. The molecule has 11 heavy (non-hydrogen) atoms. The lowest BCUT2D eigenvalue weighted by Gasteiger charge is -2.25. The molecule has 0 atom stereocenters. The Labute approximate surface area is 70.0 Å². The molecule has 0 aromatic heterocycles. The average molecular weight is 150 g/mol. The van der Waals surface area contributed by atoms with Crippen LogP contribution >= 0.6 is 0 Å². The minimum Gasteiger partial charge on any atom is -0.0804 e. The first-order valence-electron chi connectivity index (χ1n) is 4.53. The van der Waals surface area contributed by atoms with Gasteiger partial charge >= 0.3 is 0 Å². The van der Waals surface area contributed by atoms with Gasteiger partial charge in [-0.15, -0.1) is 0 Å². The molecular formula is C11H18. The predicted molar refractivity (Wildman–Crippen MR) is 50.5 cm³/mol. The molecule has 0 bridgehead atoms. The molecule has 1 aliphatic rings. The maximum absolute atomic E-state index is 2.34. The molecule has 0 saturated heterocycles. The van der Waals surface area contributed by atoms with E-state index in [1.54, 1.807) is 5.57 Å². The average Bonchev–Trinajstić information content (AvgIpc) is 2.37. The second-order valence-electron chi connectivity index (χ2n) is 3.96. The van der Waals surface area contributed by atoms with Crippen LogP contribution in [0.15, 0.2) is 23.8 Å². The van der Waals surface area contributed by atoms with Crippen LogP contribution in [0.4, 0.5) is 0 Å². The zero-order valence-electron chi connectivity index (χ0n) is 7.85. The van der Waals surface area contributed by atoms with Gasteiger partial charge in [0.25, 0.3) is 0 Å². The number of allylic oxidation sites excluding steroid dienone is 4. The molecule has 0 amide bonds. The number of hydrogen-bond donors (Lipinski definition) is 0. The van der Waals surface area contributed by atoms with E-state index in [1.807, 2.05) is 0 Å². The van der Waals surface area contributed by atoms with E-state index >= 15 is 0 Å². The van der Waals surface area contributed by atoms with Gasteiger partial charge in [0.2, 0.25) is 0 Å². The molecule has 0 fully saturated rings. The van der Waals surface area contributed by atoms with Gasteiger partial charge in [-0.1, -0.05) is 51.0 Å². The van der Waals surface area contributed by atoms with Gasteiger partial charge in [0, 0.05) is 0 Å². The van der Waals surface area contributed by atoms with Gasteiger partial charge in [0.05, 0.1) is 0 Å². The monoisotopic (exact) mass is 150 g/mol. The fraction of sp³-hybridized carbons (Fsp3) is 0.636. The molecule has 0 N–H and O–H groups in total. The first kappa shape index (κ1) is 8.58. The van der Waals surface area contributed by atoms with E-state index in [1.165, 1.54) is 19.3 Å². The summed E-state index contributed by atoms with van der Waals surface area (Å²) in [5.74, 6) is 0. The highest BCUT2D eigenvalue weighted by Gasteiger charge is 2.21. The van der Waals surface area contributed by atoms with E-state index < -0.39 is 0 Å². The largest absolute Gasteiger partial charge is 0.0804 e. The summed E-state index contributed by atoms with van der Waals surface area (Å²) in [6.07, 6.45) is 10.5. The van der Waals surface area contributed by atoms with Crippen molar-refractivity contribution < 1.29 is 0 Å². The molecule has 1 aliphatic carbocycles. The molecule has 0 aromatic rings. The highest BCUT2D eigenvalue weighted by Crippen LogP contribution is 2.35. The van der Waals surface area contributed by atoms with Crippen LogP contribution in [-0.2, 0) is 0 Å². The molecule has 0 saturated carbocycles. The summed E-state index contributed by atoms with van der Waals surface area (Å²) in [6, 6.07) is 0. The summed E-state index contributed by atoms with van der Waals surface area (Å²) in [5, 5.41) is 0. The maximum atomic E-state index is 2.34. The minimum atomic E-state index is 0.429. The van der Waals surface area contributed by atoms with Crippen LogP contribution in [0.2, 0.25) is 0 Å². The Bertz CT molecular complexity index is 182. The Morgan fingerprint density at radius 2 is 2.18 bits per heavy atom. The standard InChI is InChI=1S/C11H18/c1-4-9-11(2,3)10-7-5-6-8-10/h5-7H,4,8-9H2,1-3H3. The Morgan fingerprint density at radius 3 is 2.64 bits per heavy atom. The van der Waals surface area contributed by atoms with Crippen LogP contribution in [0.1, 0.15) is 40.0 Å². The van der Waals surface area contributed by atoms with E-state index in [-0.39, 0.29) is 0 Å². The molecule has 0 aliphatic heterocycles. The Balaban J connectivity index is 2.57. The summed E-state index contributed by atoms with van der Waals surface area (Å²) >= 11 is 0. The van der Waals surface area contributed by atoms with Crippen molar-refractivity contribution in [3.63, 3.8) is 0 Å². The molecule has 62 valence electrons. The first-order valence-corrected chi connectivity index (χ1v) is 4.53. The van der Waals surface area contributed by atoms with Crippen molar-refractivity contribution >= 4 is 0 Å². The van der Waals surface area contributed by atoms with Crippen molar-refractivity contribution in [2.75, 3.05) is 0 Å². The smallest absolute Gasteiger partial charge is 0.0127 e. The van der Waals surface area contributed by atoms with Crippen LogP contribution < -0.4 is 0 Å². The van der Waals surface area contributed by atoms with Crippen molar-refractivity contribution in [2.24, 2.45) is 5.41 Å². The molecule has 0 spiro atoms. The third kappa shape index (κ3) is 1.95. The topological polar surface area (TPSA) is 0 Å². The van der Waals surface area contributed by atoms with Gasteiger partial charge in [-0.05, 0) is 18.3 Å². The summed E-state index contributed by atoms with van der Waals surface area (Å²) in [4.78, 5) is 0. The Hall–Kier alpha value is -0.520. The second-order valence-corrected chi connectivity index (χ2v) is 3.96. The van der Waals surface area contributed by atoms with E-state index in [0.717, 1.165) is 0 Å². The molecule has 0 unspecified atom stereocenters. The minimum absolute atomic E-state index is 0.429. The third-order valence-electron chi connectivity index (χ3n) is 2.52. The normalized spacial score (nSPS) is 17.2. The lowest BCUT2D eigenvalue weighted by atomic mass is 9.80. The summed E-state index contributed by atoms with van der Waals surface area (Å²) in [5.41, 5.74) is 2.03. The van der Waals surface area contributed by atoms with Gasteiger partial charge in [-0.25, -0.2) is 0 Å². The quantitative estimate of drug-likeness (QED) is 0.575. The number of rotatable bonds is 3. The van der Waals surface area contributed by atoms with Crippen LogP contribution in [0.5, 0.6) is 0 Å². The predicted octanol–water partition coefficient (Wildman–Crippen LogP) is 3.70. The summed E-state index contributed by atoms with van der Waals surface area (Å²) < 4.78 is 0. The van der Waals surface area contributed by atoms with Crippen molar-refractivity contribution in [1.82, 2.24) is 0 Å². The van der Waals surface area contributed by atoms with Gasteiger partial charge in [0.15, 0.2) is 0 Å². The maximum Gasteiger partial charge on any atom is -0.0127 e. The van der Waals surface area contributed by atoms with Gasteiger partial charge in [-0.2, -0.15) is 0 Å². The SMILES string of the molecule is CCCC(C)(C)C1=CC=CC1. The highest BCUT2D eigenvalue weighted by molar-refractivity contribution is 5.27. The molecule has 0 aromatic carbocycles. The molecule has 0 radical (unpaired) electrons. The van der Waals surface area contributed by atoms with E-state index in [2.05, 4.69) is 39.0 Å². The summed E-state index contributed by atoms with van der Waals surface area (Å²) in [7, 11) is 0. The van der Waals surface area contributed by atoms with Gasteiger partial charge < -0.3 is 0 Å². The van der Waals surface area contributed by atoms with E-state index in [4.69, 9.17) is 0 Å². The van der Waals surface area contributed by atoms with Crippen LogP contribution in [0.3, 0.4) is 0 Å². The molecule has 0 nitrogen and oxygen atoms in total. The fourth-order valence-electron chi connectivity index (χ4n) is 1.73. The van der Waals surface area contributed by atoms with Crippen molar-refractivity contribution in [1.29, 1.82) is 0 Å². The molecular weight excluding hydrogens is 132 g/mol. The lowest BCUT2D eigenvalue weighted by molar-refractivity contribution is 0.398. The molecule has 0 heteroatoms. The zero-order chi connectivity index (χ0) is 8.32. The Morgan fingerprint density at radius 1 is 1.45 bits per heavy atom. The number of hydrogen-bond acceptors (Lipinski definition) is 0. The first-order chi connectivity index (χ1) is 5.17. The zero-order valence-corrected chi connectivity index (χ0v) is 7.85. The van der Waals surface area contributed by atoms with Crippen molar-refractivity contribution in [3.05, 3.63) is 23.8 Å². The van der Waals surface area contributed by atoms with Crippen LogP contribution in [0.25, 0.3) is 0 Å². The van der Waals surface area contributed by atoms with Crippen molar-refractivity contribution in [3.8, 4) is 0 Å². The fourth-order valence-corrected chi connectivity index (χ4v) is 1.73. The van der Waals surface area contributed by atoms with E-state index in [9.17, 15) is 0 Å². The highest BCUT2D eigenvalue weighted by atomic mass is 14.3. The third-order valence-corrected chi connectivity index (χ3v) is 2.52. The summed E-state index contributed by atoms with van der Waals surface area (Å²) in [6.45, 7) is 6.94. The van der Waals surface area contributed by atoms with Crippen LogP contribution in [0, 0.1) is 5.41 Å². The Kier molecular flexibility index (Phi) is 2.53. The van der Waals surface area contributed by atoms with E-state index in [0.29, 0.717) is 5.41 Å². The van der Waals surface area contributed by atoms with Crippen molar-refractivity contribution in [2.45, 2.75) is 40.0 Å². The van der Waals surface area contributed by atoms with Gasteiger partial charge in [-0.3, -0.25) is 0 Å². The van der Waals surface area contributed by atoms with Crippen LogP contribution in [-0.4, -0.2) is 0 Å². The lowest BCUT2D eigenvalue weighted by Crippen LogP contribution is -2.12. The molecule has 1 rings (SSSR count).